The van der Waals surface area contributed by atoms with Crippen LogP contribution in [0.4, 0.5) is 13.2 Å². The van der Waals surface area contributed by atoms with Crippen molar-refractivity contribution in [3.05, 3.63) is 65.7 Å². The highest BCUT2D eigenvalue weighted by Gasteiger charge is 2.52. The fourth-order valence-corrected chi connectivity index (χ4v) is 6.72. The van der Waals surface area contributed by atoms with Gasteiger partial charge in [0.25, 0.3) is 0 Å². The lowest BCUT2D eigenvalue weighted by Gasteiger charge is -2.44. The minimum Gasteiger partial charge on any atom is -0.323 e. The van der Waals surface area contributed by atoms with Gasteiger partial charge in [-0.1, -0.05) is 55.8 Å². The summed E-state index contributed by atoms with van der Waals surface area (Å²) in [6.45, 7) is 2.64. The maximum Gasteiger partial charge on any atom is 0.417 e. The summed E-state index contributed by atoms with van der Waals surface area (Å²) in [6.07, 6.45) is -1.93. The zero-order valence-corrected chi connectivity index (χ0v) is 20.4. The highest BCUT2D eigenvalue weighted by molar-refractivity contribution is 7.89. The molecule has 1 amide bonds. The Kier molecular flexibility index (Phi) is 7.26. The number of hydrogen-bond donors (Lipinski definition) is 1. The van der Waals surface area contributed by atoms with Crippen molar-refractivity contribution in [3.63, 3.8) is 0 Å². The van der Waals surface area contributed by atoms with Gasteiger partial charge in [-0.15, -0.1) is 0 Å². The zero-order chi connectivity index (χ0) is 25.3. The second-order valence-corrected chi connectivity index (χ2v) is 11.1. The molecule has 1 N–H and O–H groups in total. The third-order valence-electron chi connectivity index (χ3n) is 6.90. The molecule has 35 heavy (non-hydrogen) atoms. The van der Waals surface area contributed by atoms with Crippen molar-refractivity contribution >= 4 is 15.9 Å². The van der Waals surface area contributed by atoms with Crippen molar-refractivity contribution in [1.82, 2.24) is 14.5 Å². The van der Waals surface area contributed by atoms with Gasteiger partial charge in [0.2, 0.25) is 15.9 Å². The first-order valence-electron chi connectivity index (χ1n) is 11.9. The Morgan fingerprint density at radius 1 is 1.03 bits per heavy atom. The Balaban J connectivity index is 1.55. The van der Waals surface area contributed by atoms with Gasteiger partial charge in [-0.2, -0.15) is 17.5 Å². The predicted octanol–water partition coefficient (Wildman–Crippen LogP) is 4.03. The number of amides is 1. The molecule has 6 nitrogen and oxygen atoms in total. The second-order valence-electron chi connectivity index (χ2n) is 9.16. The minimum atomic E-state index is -4.78. The molecule has 2 aliphatic rings. The number of nitrogens with one attached hydrogen (secondary N) is 1. The van der Waals surface area contributed by atoms with E-state index in [1.54, 1.807) is 0 Å². The van der Waals surface area contributed by atoms with Crippen molar-refractivity contribution in [3.8, 4) is 0 Å². The molecular formula is C25H30F3N3O3S. The first-order valence-corrected chi connectivity index (χ1v) is 13.3. The molecular weight excluding hydrogens is 479 g/mol. The van der Waals surface area contributed by atoms with E-state index in [2.05, 4.69) is 5.32 Å². The fraction of sp³-hybridized carbons (Fsp3) is 0.480. The van der Waals surface area contributed by atoms with E-state index in [9.17, 15) is 26.4 Å². The van der Waals surface area contributed by atoms with Crippen molar-refractivity contribution in [2.45, 2.75) is 61.8 Å². The van der Waals surface area contributed by atoms with Crippen LogP contribution in [-0.2, 0) is 27.4 Å². The number of sulfonamides is 1. The van der Waals surface area contributed by atoms with Crippen LogP contribution in [0.15, 0.2) is 59.5 Å². The van der Waals surface area contributed by atoms with Gasteiger partial charge >= 0.3 is 6.18 Å². The normalized spacial score (nSPS) is 21.1. The summed E-state index contributed by atoms with van der Waals surface area (Å²) >= 11 is 0. The molecule has 0 radical (unpaired) electrons. The van der Waals surface area contributed by atoms with Crippen LogP contribution < -0.4 is 5.32 Å². The van der Waals surface area contributed by atoms with Crippen LogP contribution in [0.2, 0.25) is 0 Å². The monoisotopic (exact) mass is 509 g/mol. The lowest BCUT2D eigenvalue weighted by molar-refractivity contribution is -0.140. The van der Waals surface area contributed by atoms with Gasteiger partial charge in [0.15, 0.2) is 0 Å². The number of unbranched alkanes of at least 4 members (excludes halogenated alkanes) is 1. The number of carbonyl (C=O) groups is 1. The highest BCUT2D eigenvalue weighted by atomic mass is 32.2. The highest BCUT2D eigenvalue weighted by Crippen LogP contribution is 2.38. The van der Waals surface area contributed by atoms with E-state index in [4.69, 9.17) is 0 Å². The third-order valence-corrected chi connectivity index (χ3v) is 8.86. The van der Waals surface area contributed by atoms with E-state index in [-0.39, 0.29) is 19.0 Å². The first-order chi connectivity index (χ1) is 16.6. The quantitative estimate of drug-likeness (QED) is 0.612. The number of carbonyl (C=O) groups excluding carboxylic acids is 1. The standard InChI is InChI=1S/C25H30F3N3O3S/c1-2-3-15-31-23(32)21(18-19-9-5-4-6-10-19)29-24(31)13-16-30(17-14-24)35(33,34)22-12-8-7-11-20(22)25(26,27)28/h4-12,21,29H,2-3,13-18H2,1H3. The van der Waals surface area contributed by atoms with Crippen molar-refractivity contribution in [2.75, 3.05) is 19.6 Å². The molecule has 0 aliphatic carbocycles. The average molecular weight is 510 g/mol. The van der Waals surface area contributed by atoms with E-state index in [1.165, 1.54) is 12.1 Å². The SMILES string of the molecule is CCCCN1C(=O)C(Cc2ccccc2)NC12CCN(S(=O)(=O)c1ccccc1C(F)(F)F)CC2. The first kappa shape index (κ1) is 25.7. The number of hydrogen-bond acceptors (Lipinski definition) is 4. The van der Waals surface area contributed by atoms with Gasteiger partial charge in [0, 0.05) is 19.6 Å². The third kappa shape index (κ3) is 5.10. The predicted molar refractivity (Wildman–Crippen MR) is 126 cm³/mol. The van der Waals surface area contributed by atoms with Gasteiger partial charge in [-0.05, 0) is 43.4 Å². The van der Waals surface area contributed by atoms with Gasteiger partial charge in [0.1, 0.15) is 0 Å². The number of alkyl halides is 3. The Bertz CT molecular complexity index is 1150. The van der Waals surface area contributed by atoms with Crippen molar-refractivity contribution in [1.29, 1.82) is 0 Å². The van der Waals surface area contributed by atoms with Gasteiger partial charge in [-0.25, -0.2) is 8.42 Å². The Labute approximate surface area is 204 Å². The number of halogens is 3. The topological polar surface area (TPSA) is 69.7 Å². The number of nitrogens with zero attached hydrogens (tertiary/aromatic N) is 2. The summed E-state index contributed by atoms with van der Waals surface area (Å²) in [7, 11) is -4.35. The van der Waals surface area contributed by atoms with Crippen LogP contribution >= 0.6 is 0 Å². The van der Waals surface area contributed by atoms with Crippen LogP contribution in [0.3, 0.4) is 0 Å². The van der Waals surface area contributed by atoms with Crippen LogP contribution in [0.25, 0.3) is 0 Å². The molecule has 0 saturated carbocycles. The number of rotatable bonds is 7. The van der Waals surface area contributed by atoms with E-state index in [1.807, 2.05) is 42.2 Å². The van der Waals surface area contributed by atoms with Gasteiger partial charge in [0.05, 0.1) is 22.2 Å². The smallest absolute Gasteiger partial charge is 0.323 e. The maximum absolute atomic E-state index is 13.5. The summed E-state index contributed by atoms with van der Waals surface area (Å²) < 4.78 is 68.0. The number of piperidine rings is 1. The number of benzene rings is 2. The van der Waals surface area contributed by atoms with Crippen molar-refractivity contribution in [2.24, 2.45) is 0 Å². The molecule has 2 aromatic rings. The van der Waals surface area contributed by atoms with Gasteiger partial charge in [-0.3, -0.25) is 10.1 Å². The Morgan fingerprint density at radius 3 is 2.29 bits per heavy atom. The molecule has 2 aromatic carbocycles. The van der Waals surface area contributed by atoms with E-state index in [0.29, 0.717) is 25.8 Å². The summed E-state index contributed by atoms with van der Waals surface area (Å²) in [4.78, 5) is 14.4. The molecule has 1 unspecified atom stereocenters. The molecule has 1 atom stereocenters. The van der Waals surface area contributed by atoms with Crippen LogP contribution in [0, 0.1) is 0 Å². The summed E-state index contributed by atoms with van der Waals surface area (Å²) in [5.74, 6) is -0.0129. The zero-order valence-electron chi connectivity index (χ0n) is 19.6. The average Bonchev–Trinajstić information content (AvgIpc) is 3.08. The molecule has 0 aromatic heterocycles. The molecule has 0 bridgehead atoms. The maximum atomic E-state index is 13.5. The molecule has 190 valence electrons. The lowest BCUT2D eigenvalue weighted by atomic mass is 9.97. The molecule has 4 rings (SSSR count). The van der Waals surface area contributed by atoms with E-state index in [0.717, 1.165) is 34.8 Å². The summed E-state index contributed by atoms with van der Waals surface area (Å²) in [5, 5.41) is 3.49. The summed E-state index contributed by atoms with van der Waals surface area (Å²) in [6, 6.07) is 13.5. The van der Waals surface area contributed by atoms with Gasteiger partial charge < -0.3 is 4.90 Å². The molecule has 2 fully saturated rings. The summed E-state index contributed by atoms with van der Waals surface area (Å²) in [5.41, 5.74) is -0.849. The molecule has 2 heterocycles. The fourth-order valence-electron chi connectivity index (χ4n) is 5.07. The molecule has 2 saturated heterocycles. The largest absolute Gasteiger partial charge is 0.417 e. The van der Waals surface area contributed by atoms with Crippen LogP contribution in [0.5, 0.6) is 0 Å². The van der Waals surface area contributed by atoms with E-state index < -0.39 is 38.4 Å². The Morgan fingerprint density at radius 2 is 1.66 bits per heavy atom. The Hall–Kier alpha value is -2.43. The lowest BCUT2D eigenvalue weighted by Crippen LogP contribution is -2.59. The second kappa shape index (κ2) is 9.91. The van der Waals surface area contributed by atoms with E-state index >= 15 is 0 Å². The molecule has 1 spiro atoms. The molecule has 10 heteroatoms. The van der Waals surface area contributed by atoms with Crippen molar-refractivity contribution < 1.29 is 26.4 Å². The molecule has 2 aliphatic heterocycles. The van der Waals surface area contributed by atoms with Crippen LogP contribution in [0.1, 0.15) is 43.7 Å². The van der Waals surface area contributed by atoms with Crippen LogP contribution in [-0.4, -0.2) is 54.9 Å². The minimum absolute atomic E-state index is 0.0129.